The van der Waals surface area contributed by atoms with Gasteiger partial charge in [0.2, 0.25) is 0 Å². The highest BCUT2D eigenvalue weighted by atomic mass is 16.6. The molecule has 0 fully saturated rings. The molecule has 2 rings (SSSR count). The molecule has 6 nitrogen and oxygen atoms in total. The van der Waals surface area contributed by atoms with Gasteiger partial charge in [0.1, 0.15) is 0 Å². The van der Waals surface area contributed by atoms with Gasteiger partial charge in [-0.3, -0.25) is 14.9 Å². The third-order valence-corrected chi connectivity index (χ3v) is 3.01. The molecule has 0 saturated heterocycles. The van der Waals surface area contributed by atoms with E-state index in [1.165, 1.54) is 24.3 Å². The molecule has 21 heavy (non-hydrogen) atoms. The first-order chi connectivity index (χ1) is 10.1. The number of nitro benzene ring substituents is 1. The SMILES string of the molecule is NCCc1ccccc1C(=O)Nc1ccc([N+](=O)[O-])cc1. The number of nitro groups is 1. The van der Waals surface area contributed by atoms with Crippen molar-refractivity contribution in [2.24, 2.45) is 5.73 Å². The third kappa shape index (κ3) is 3.64. The minimum absolute atomic E-state index is 0.0171. The number of amides is 1. The first-order valence-corrected chi connectivity index (χ1v) is 6.45. The molecule has 2 aromatic rings. The van der Waals surface area contributed by atoms with E-state index in [0.717, 1.165) is 5.56 Å². The number of carbonyl (C=O) groups is 1. The molecule has 0 heterocycles. The monoisotopic (exact) mass is 285 g/mol. The molecule has 0 aromatic heterocycles. The predicted octanol–water partition coefficient (Wildman–Crippen LogP) is 2.35. The number of non-ortho nitro benzene ring substituents is 1. The van der Waals surface area contributed by atoms with Gasteiger partial charge in [-0.05, 0) is 36.7 Å². The van der Waals surface area contributed by atoms with E-state index >= 15 is 0 Å². The first-order valence-electron chi connectivity index (χ1n) is 6.45. The molecule has 0 atom stereocenters. The fourth-order valence-corrected chi connectivity index (χ4v) is 1.98. The van der Waals surface area contributed by atoms with Gasteiger partial charge in [-0.1, -0.05) is 18.2 Å². The molecule has 0 unspecified atom stereocenters. The van der Waals surface area contributed by atoms with Gasteiger partial charge in [0.05, 0.1) is 4.92 Å². The molecule has 0 saturated carbocycles. The standard InChI is InChI=1S/C15H15N3O3/c16-10-9-11-3-1-2-4-14(11)15(19)17-12-5-7-13(8-6-12)18(20)21/h1-8H,9-10,16H2,(H,17,19). The Morgan fingerprint density at radius 1 is 1.14 bits per heavy atom. The Morgan fingerprint density at radius 2 is 1.81 bits per heavy atom. The summed E-state index contributed by atoms with van der Waals surface area (Å²) in [7, 11) is 0. The summed E-state index contributed by atoms with van der Waals surface area (Å²) in [6.07, 6.45) is 0.615. The molecule has 0 aliphatic rings. The van der Waals surface area contributed by atoms with Crippen LogP contribution >= 0.6 is 0 Å². The zero-order valence-corrected chi connectivity index (χ0v) is 11.3. The van der Waals surface area contributed by atoms with Crippen LogP contribution in [-0.4, -0.2) is 17.4 Å². The lowest BCUT2D eigenvalue weighted by Gasteiger charge is -2.09. The Morgan fingerprint density at radius 3 is 2.43 bits per heavy atom. The molecule has 0 aliphatic heterocycles. The topological polar surface area (TPSA) is 98.3 Å². The van der Waals surface area contributed by atoms with Gasteiger partial charge < -0.3 is 11.1 Å². The highest BCUT2D eigenvalue weighted by Crippen LogP contribution is 2.17. The summed E-state index contributed by atoms with van der Waals surface area (Å²) in [6.45, 7) is 0.460. The summed E-state index contributed by atoms with van der Waals surface area (Å²) >= 11 is 0. The Hall–Kier alpha value is -2.73. The zero-order valence-electron chi connectivity index (χ0n) is 11.3. The molecule has 3 N–H and O–H groups in total. The maximum absolute atomic E-state index is 12.2. The largest absolute Gasteiger partial charge is 0.330 e. The Labute approximate surface area is 121 Å². The number of nitrogens with one attached hydrogen (secondary N) is 1. The highest BCUT2D eigenvalue weighted by Gasteiger charge is 2.11. The summed E-state index contributed by atoms with van der Waals surface area (Å²) in [5.41, 5.74) is 7.45. The van der Waals surface area contributed by atoms with Crippen molar-refractivity contribution in [1.82, 2.24) is 0 Å². The van der Waals surface area contributed by atoms with Crippen molar-refractivity contribution >= 4 is 17.3 Å². The van der Waals surface area contributed by atoms with E-state index < -0.39 is 4.92 Å². The van der Waals surface area contributed by atoms with Gasteiger partial charge in [-0.2, -0.15) is 0 Å². The minimum Gasteiger partial charge on any atom is -0.330 e. The fraction of sp³-hybridized carbons (Fsp3) is 0.133. The van der Waals surface area contributed by atoms with Crippen molar-refractivity contribution in [3.8, 4) is 0 Å². The molecule has 1 amide bonds. The fourth-order valence-electron chi connectivity index (χ4n) is 1.98. The van der Waals surface area contributed by atoms with Crippen LogP contribution in [0.25, 0.3) is 0 Å². The Bertz CT molecular complexity index is 653. The van der Waals surface area contributed by atoms with Gasteiger partial charge in [-0.25, -0.2) is 0 Å². The van der Waals surface area contributed by atoms with Crippen molar-refractivity contribution in [2.45, 2.75) is 6.42 Å². The zero-order chi connectivity index (χ0) is 15.2. The molecule has 6 heteroatoms. The number of hydrogen-bond donors (Lipinski definition) is 2. The van der Waals surface area contributed by atoms with Crippen molar-refractivity contribution in [3.63, 3.8) is 0 Å². The Balaban J connectivity index is 2.16. The van der Waals surface area contributed by atoms with Crippen LogP contribution in [0.3, 0.4) is 0 Å². The second kappa shape index (κ2) is 6.62. The van der Waals surface area contributed by atoms with E-state index in [1.54, 1.807) is 12.1 Å². The number of nitrogens with two attached hydrogens (primary N) is 1. The highest BCUT2D eigenvalue weighted by molar-refractivity contribution is 6.05. The molecule has 0 aliphatic carbocycles. The van der Waals surface area contributed by atoms with Crippen LogP contribution in [0.2, 0.25) is 0 Å². The van der Waals surface area contributed by atoms with E-state index in [2.05, 4.69) is 5.32 Å². The van der Waals surface area contributed by atoms with Gasteiger partial charge in [-0.15, -0.1) is 0 Å². The van der Waals surface area contributed by atoms with Crippen LogP contribution in [0.4, 0.5) is 11.4 Å². The second-order valence-electron chi connectivity index (χ2n) is 4.45. The summed E-state index contributed by atoms with van der Waals surface area (Å²) in [4.78, 5) is 22.3. The summed E-state index contributed by atoms with van der Waals surface area (Å²) in [5.74, 6) is -0.257. The Kier molecular flexibility index (Phi) is 4.63. The van der Waals surface area contributed by atoms with E-state index in [-0.39, 0.29) is 11.6 Å². The molecule has 108 valence electrons. The van der Waals surface area contributed by atoms with Gasteiger partial charge in [0.15, 0.2) is 0 Å². The van der Waals surface area contributed by atoms with Crippen LogP contribution in [0.5, 0.6) is 0 Å². The first kappa shape index (κ1) is 14.7. The second-order valence-corrected chi connectivity index (χ2v) is 4.45. The van der Waals surface area contributed by atoms with Gasteiger partial charge >= 0.3 is 0 Å². The van der Waals surface area contributed by atoms with Crippen molar-refractivity contribution in [2.75, 3.05) is 11.9 Å². The predicted molar refractivity (Wildman–Crippen MR) is 80.3 cm³/mol. The average Bonchev–Trinajstić information content (AvgIpc) is 2.48. The van der Waals surface area contributed by atoms with Crippen molar-refractivity contribution in [1.29, 1.82) is 0 Å². The minimum atomic E-state index is -0.484. The van der Waals surface area contributed by atoms with Crippen molar-refractivity contribution in [3.05, 3.63) is 69.8 Å². The molecule has 2 aromatic carbocycles. The third-order valence-electron chi connectivity index (χ3n) is 3.01. The van der Waals surface area contributed by atoms with E-state index in [4.69, 9.17) is 5.73 Å². The molecule has 0 spiro atoms. The quantitative estimate of drug-likeness (QED) is 0.650. The molecule has 0 bridgehead atoms. The number of anilines is 1. The lowest BCUT2D eigenvalue weighted by molar-refractivity contribution is -0.384. The molecular weight excluding hydrogens is 270 g/mol. The normalized spacial score (nSPS) is 10.1. The van der Waals surface area contributed by atoms with Crippen LogP contribution in [0.1, 0.15) is 15.9 Å². The number of rotatable bonds is 5. The smallest absolute Gasteiger partial charge is 0.269 e. The lowest BCUT2D eigenvalue weighted by atomic mass is 10.0. The summed E-state index contributed by atoms with van der Waals surface area (Å²) in [6, 6.07) is 12.9. The van der Waals surface area contributed by atoms with Crippen LogP contribution in [0, 0.1) is 10.1 Å². The number of carbonyl (C=O) groups excluding carboxylic acids is 1. The molecule has 0 radical (unpaired) electrons. The van der Waals surface area contributed by atoms with Crippen LogP contribution in [-0.2, 0) is 6.42 Å². The molecular formula is C15H15N3O3. The number of nitrogens with zero attached hydrogens (tertiary/aromatic N) is 1. The van der Waals surface area contributed by atoms with E-state index in [0.29, 0.717) is 24.2 Å². The summed E-state index contributed by atoms with van der Waals surface area (Å²) < 4.78 is 0. The van der Waals surface area contributed by atoms with Gasteiger partial charge in [0.25, 0.3) is 11.6 Å². The van der Waals surface area contributed by atoms with Crippen molar-refractivity contribution < 1.29 is 9.72 Å². The van der Waals surface area contributed by atoms with E-state index in [1.807, 2.05) is 12.1 Å². The van der Waals surface area contributed by atoms with Crippen LogP contribution < -0.4 is 11.1 Å². The van der Waals surface area contributed by atoms with Crippen LogP contribution in [0.15, 0.2) is 48.5 Å². The summed E-state index contributed by atoms with van der Waals surface area (Å²) in [5, 5.41) is 13.3. The van der Waals surface area contributed by atoms with E-state index in [9.17, 15) is 14.9 Å². The lowest BCUT2D eigenvalue weighted by Crippen LogP contribution is -2.15. The average molecular weight is 285 g/mol. The number of hydrogen-bond acceptors (Lipinski definition) is 4. The maximum atomic E-state index is 12.2. The maximum Gasteiger partial charge on any atom is 0.269 e. The number of benzene rings is 2. The van der Waals surface area contributed by atoms with Gasteiger partial charge in [0, 0.05) is 23.4 Å².